The lowest BCUT2D eigenvalue weighted by Crippen LogP contribution is -2.17. The van der Waals surface area contributed by atoms with E-state index < -0.39 is 0 Å². The molecule has 0 aliphatic carbocycles. The second-order valence-electron chi connectivity index (χ2n) is 4.29. The molecule has 5 nitrogen and oxygen atoms in total. The molecule has 6 heteroatoms. The molecule has 0 atom stereocenters. The average molecular weight is 303 g/mol. The van der Waals surface area contributed by atoms with Crippen molar-refractivity contribution in [3.63, 3.8) is 0 Å². The number of benzene rings is 2. The summed E-state index contributed by atoms with van der Waals surface area (Å²) in [5.74, 6) is 0.848. The van der Waals surface area contributed by atoms with Gasteiger partial charge in [-0.05, 0) is 24.3 Å². The number of carbonyl (C=O) groups excluding carboxylic acids is 1. The van der Waals surface area contributed by atoms with Gasteiger partial charge in [-0.2, -0.15) is 5.10 Å². The maximum absolute atomic E-state index is 12.0. The maximum Gasteiger partial charge on any atom is 0.271 e. The summed E-state index contributed by atoms with van der Waals surface area (Å²) in [6.45, 7) is 0.172. The summed E-state index contributed by atoms with van der Waals surface area (Å²) < 4.78 is 10.4. The van der Waals surface area contributed by atoms with E-state index in [1.807, 2.05) is 12.1 Å². The first kappa shape index (κ1) is 13.5. The lowest BCUT2D eigenvalue weighted by Gasteiger charge is -2.02. The van der Waals surface area contributed by atoms with Crippen LogP contribution in [0.4, 0.5) is 0 Å². The fourth-order valence-electron chi connectivity index (χ4n) is 1.84. The van der Waals surface area contributed by atoms with Gasteiger partial charge in [-0.25, -0.2) is 5.43 Å². The minimum atomic E-state index is -0.336. The highest BCUT2D eigenvalue weighted by Gasteiger charge is 2.15. The van der Waals surface area contributed by atoms with Gasteiger partial charge in [-0.3, -0.25) is 4.79 Å². The Morgan fingerprint density at radius 2 is 2.00 bits per heavy atom. The zero-order chi connectivity index (χ0) is 14.7. The molecule has 0 spiro atoms. The van der Waals surface area contributed by atoms with Crippen molar-refractivity contribution in [1.29, 1.82) is 0 Å². The topological polar surface area (TPSA) is 59.9 Å². The summed E-state index contributed by atoms with van der Waals surface area (Å²) in [5.41, 5.74) is 3.61. The molecule has 3 rings (SSSR count). The SMILES string of the molecule is O=C(NN=Cc1ccccc1Cl)c1ccc2c(c1)OCO2. The van der Waals surface area contributed by atoms with Gasteiger partial charge in [0.2, 0.25) is 6.79 Å². The number of carbonyl (C=O) groups is 1. The van der Waals surface area contributed by atoms with Crippen LogP contribution in [0.25, 0.3) is 0 Å². The Balaban J connectivity index is 1.68. The van der Waals surface area contributed by atoms with Crippen molar-refractivity contribution in [1.82, 2.24) is 5.43 Å². The Morgan fingerprint density at radius 1 is 1.19 bits per heavy atom. The molecule has 2 aromatic carbocycles. The van der Waals surface area contributed by atoms with Crippen molar-refractivity contribution < 1.29 is 14.3 Å². The molecule has 1 aliphatic rings. The Bertz CT molecular complexity index is 716. The van der Waals surface area contributed by atoms with Crippen molar-refractivity contribution in [3.05, 3.63) is 58.6 Å². The number of rotatable bonds is 3. The second-order valence-corrected chi connectivity index (χ2v) is 4.70. The monoisotopic (exact) mass is 302 g/mol. The van der Waals surface area contributed by atoms with Crippen LogP contribution in [0.2, 0.25) is 5.02 Å². The number of nitrogens with zero attached hydrogens (tertiary/aromatic N) is 1. The number of ether oxygens (including phenoxy) is 2. The molecule has 1 N–H and O–H groups in total. The van der Waals surface area contributed by atoms with Crippen LogP contribution in [0, 0.1) is 0 Å². The van der Waals surface area contributed by atoms with Crippen molar-refractivity contribution in [2.75, 3.05) is 6.79 Å². The van der Waals surface area contributed by atoms with Crippen molar-refractivity contribution >= 4 is 23.7 Å². The van der Waals surface area contributed by atoms with Gasteiger partial charge in [-0.1, -0.05) is 29.8 Å². The predicted octanol–water partition coefficient (Wildman–Crippen LogP) is 2.83. The van der Waals surface area contributed by atoms with Gasteiger partial charge in [-0.15, -0.1) is 0 Å². The fraction of sp³-hybridized carbons (Fsp3) is 0.0667. The van der Waals surface area contributed by atoms with Crippen molar-refractivity contribution in [3.8, 4) is 11.5 Å². The van der Waals surface area contributed by atoms with Crippen LogP contribution in [0.5, 0.6) is 11.5 Å². The van der Waals surface area contributed by atoms with E-state index in [1.54, 1.807) is 30.3 Å². The first-order chi connectivity index (χ1) is 10.2. The summed E-state index contributed by atoms with van der Waals surface area (Å²) in [7, 11) is 0. The van der Waals surface area contributed by atoms with Crippen molar-refractivity contribution in [2.24, 2.45) is 5.10 Å². The molecule has 1 amide bonds. The van der Waals surface area contributed by atoms with Gasteiger partial charge in [0.05, 0.1) is 6.21 Å². The second kappa shape index (κ2) is 5.85. The van der Waals surface area contributed by atoms with Gasteiger partial charge >= 0.3 is 0 Å². The lowest BCUT2D eigenvalue weighted by atomic mass is 10.2. The van der Waals surface area contributed by atoms with Gasteiger partial charge in [0, 0.05) is 16.1 Å². The number of fused-ring (bicyclic) bond motifs is 1. The smallest absolute Gasteiger partial charge is 0.271 e. The van der Waals surface area contributed by atoms with E-state index in [4.69, 9.17) is 21.1 Å². The maximum atomic E-state index is 12.0. The fourth-order valence-corrected chi connectivity index (χ4v) is 2.03. The van der Waals surface area contributed by atoms with Crippen LogP contribution < -0.4 is 14.9 Å². The summed E-state index contributed by atoms with van der Waals surface area (Å²) in [4.78, 5) is 12.0. The number of halogens is 1. The Morgan fingerprint density at radius 3 is 2.86 bits per heavy atom. The van der Waals surface area contributed by atoms with Gasteiger partial charge < -0.3 is 9.47 Å². The molecule has 106 valence electrons. The third-order valence-corrected chi connectivity index (χ3v) is 3.25. The van der Waals surface area contributed by atoms with Gasteiger partial charge in [0.25, 0.3) is 5.91 Å². The minimum absolute atomic E-state index is 0.172. The minimum Gasteiger partial charge on any atom is -0.454 e. The zero-order valence-corrected chi connectivity index (χ0v) is 11.6. The van der Waals surface area contributed by atoms with E-state index in [2.05, 4.69) is 10.5 Å². The molecule has 2 aromatic rings. The van der Waals surface area contributed by atoms with Crippen LogP contribution in [0.3, 0.4) is 0 Å². The van der Waals surface area contributed by atoms with Crippen LogP contribution in [-0.4, -0.2) is 18.9 Å². The molecule has 1 aliphatic heterocycles. The highest BCUT2D eigenvalue weighted by molar-refractivity contribution is 6.33. The van der Waals surface area contributed by atoms with Gasteiger partial charge in [0.15, 0.2) is 11.5 Å². The summed E-state index contributed by atoms with van der Waals surface area (Å²) in [5, 5.41) is 4.46. The predicted molar refractivity (Wildman–Crippen MR) is 79.1 cm³/mol. The van der Waals surface area contributed by atoms with E-state index in [1.165, 1.54) is 6.21 Å². The standard InChI is InChI=1S/C15H11ClN2O3/c16-12-4-2-1-3-11(12)8-17-18-15(19)10-5-6-13-14(7-10)21-9-20-13/h1-8H,9H2,(H,18,19). The van der Waals surface area contributed by atoms with E-state index in [0.29, 0.717) is 22.1 Å². The van der Waals surface area contributed by atoms with Crippen LogP contribution >= 0.6 is 11.6 Å². The Labute approximate surface area is 126 Å². The Hall–Kier alpha value is -2.53. The molecular formula is C15H11ClN2O3. The van der Waals surface area contributed by atoms with E-state index in [9.17, 15) is 4.79 Å². The third-order valence-electron chi connectivity index (χ3n) is 2.91. The van der Waals surface area contributed by atoms with Crippen LogP contribution in [-0.2, 0) is 0 Å². The molecule has 1 heterocycles. The first-order valence-corrected chi connectivity index (χ1v) is 6.59. The molecule has 0 bridgehead atoms. The molecule has 0 saturated heterocycles. The van der Waals surface area contributed by atoms with Crippen LogP contribution in [0.15, 0.2) is 47.6 Å². The quantitative estimate of drug-likeness (QED) is 0.700. The van der Waals surface area contributed by atoms with E-state index in [0.717, 1.165) is 5.56 Å². The lowest BCUT2D eigenvalue weighted by molar-refractivity contribution is 0.0954. The largest absolute Gasteiger partial charge is 0.454 e. The summed E-state index contributed by atoms with van der Waals surface area (Å²) in [6, 6.07) is 12.2. The normalized spacial score (nSPS) is 12.6. The molecule has 0 unspecified atom stereocenters. The Kier molecular flexibility index (Phi) is 3.75. The molecule has 0 aromatic heterocycles. The molecular weight excluding hydrogens is 292 g/mol. The number of hydrazone groups is 1. The first-order valence-electron chi connectivity index (χ1n) is 6.21. The zero-order valence-electron chi connectivity index (χ0n) is 10.9. The van der Waals surface area contributed by atoms with E-state index in [-0.39, 0.29) is 12.7 Å². The number of hydrogen-bond acceptors (Lipinski definition) is 4. The highest BCUT2D eigenvalue weighted by Crippen LogP contribution is 2.32. The third kappa shape index (κ3) is 2.98. The summed E-state index contributed by atoms with van der Waals surface area (Å²) in [6.07, 6.45) is 1.49. The molecule has 21 heavy (non-hydrogen) atoms. The van der Waals surface area contributed by atoms with E-state index >= 15 is 0 Å². The van der Waals surface area contributed by atoms with Gasteiger partial charge in [0.1, 0.15) is 0 Å². The molecule has 0 fully saturated rings. The average Bonchev–Trinajstić information content (AvgIpc) is 2.96. The molecule has 0 saturated carbocycles. The highest BCUT2D eigenvalue weighted by atomic mass is 35.5. The number of amides is 1. The number of hydrogen-bond donors (Lipinski definition) is 1. The van der Waals surface area contributed by atoms with Crippen LogP contribution in [0.1, 0.15) is 15.9 Å². The van der Waals surface area contributed by atoms with Crippen molar-refractivity contribution in [2.45, 2.75) is 0 Å². The number of nitrogens with one attached hydrogen (secondary N) is 1. The summed E-state index contributed by atoms with van der Waals surface area (Å²) >= 11 is 5.99. The molecule has 0 radical (unpaired) electrons.